The minimum atomic E-state index is -3.71. The van der Waals surface area contributed by atoms with Crippen LogP contribution in [0, 0.1) is 5.92 Å². The second-order valence-electron chi connectivity index (χ2n) is 7.71. The third kappa shape index (κ3) is 5.68. The molecule has 0 saturated heterocycles. The van der Waals surface area contributed by atoms with Crippen molar-refractivity contribution in [1.29, 1.82) is 0 Å². The Balaban J connectivity index is 1.69. The second kappa shape index (κ2) is 10.3. The van der Waals surface area contributed by atoms with Crippen LogP contribution in [0.25, 0.3) is 0 Å². The molecule has 7 heteroatoms. The lowest BCUT2D eigenvalue weighted by Crippen LogP contribution is -2.30. The molecular weight excluding hydrogens is 424 g/mol. The molecule has 1 amide bonds. The first-order valence-electron chi connectivity index (χ1n) is 10.5. The molecule has 0 aliphatic rings. The summed E-state index contributed by atoms with van der Waals surface area (Å²) in [6.45, 7) is 6.85. The van der Waals surface area contributed by atoms with E-state index >= 15 is 0 Å². The van der Waals surface area contributed by atoms with Gasteiger partial charge in [0.15, 0.2) is 0 Å². The molecule has 0 aliphatic carbocycles. The predicted octanol–water partition coefficient (Wildman–Crippen LogP) is 5.19. The summed E-state index contributed by atoms with van der Waals surface area (Å²) in [5.74, 6) is 0.848. The summed E-state index contributed by atoms with van der Waals surface area (Å²) in [5, 5.41) is 2.79. The van der Waals surface area contributed by atoms with Gasteiger partial charge in [0, 0.05) is 17.8 Å². The van der Waals surface area contributed by atoms with E-state index in [0.717, 1.165) is 0 Å². The Labute approximate surface area is 189 Å². The zero-order valence-corrected chi connectivity index (χ0v) is 19.3. The molecule has 0 atom stereocenters. The molecule has 0 heterocycles. The van der Waals surface area contributed by atoms with E-state index in [9.17, 15) is 13.2 Å². The van der Waals surface area contributed by atoms with E-state index in [0.29, 0.717) is 41.8 Å². The second-order valence-corrected chi connectivity index (χ2v) is 9.58. The van der Waals surface area contributed by atoms with Crippen LogP contribution in [0.4, 0.5) is 11.4 Å². The third-order valence-corrected chi connectivity index (χ3v) is 6.65. The van der Waals surface area contributed by atoms with Crippen LogP contribution in [0.5, 0.6) is 5.75 Å². The van der Waals surface area contributed by atoms with Crippen LogP contribution >= 0.6 is 0 Å². The number of para-hydroxylation sites is 1. The Morgan fingerprint density at radius 1 is 0.938 bits per heavy atom. The van der Waals surface area contributed by atoms with Gasteiger partial charge in [-0.2, -0.15) is 0 Å². The van der Waals surface area contributed by atoms with E-state index in [2.05, 4.69) is 19.2 Å². The van der Waals surface area contributed by atoms with Crippen LogP contribution in [-0.2, 0) is 10.0 Å². The molecule has 0 fully saturated rings. The van der Waals surface area contributed by atoms with Gasteiger partial charge < -0.3 is 10.1 Å². The maximum Gasteiger partial charge on any atom is 0.264 e. The van der Waals surface area contributed by atoms with Gasteiger partial charge >= 0.3 is 0 Å². The Kier molecular flexibility index (Phi) is 7.53. The fourth-order valence-corrected chi connectivity index (χ4v) is 4.57. The summed E-state index contributed by atoms with van der Waals surface area (Å²) in [6, 6.07) is 22.0. The molecule has 0 bridgehead atoms. The number of rotatable bonds is 9. The van der Waals surface area contributed by atoms with Crippen LogP contribution < -0.4 is 14.4 Å². The molecule has 1 N–H and O–H groups in total. The highest BCUT2D eigenvalue weighted by Gasteiger charge is 2.23. The molecule has 0 aromatic heterocycles. The first-order chi connectivity index (χ1) is 15.3. The average molecular weight is 453 g/mol. The number of hydrogen-bond acceptors (Lipinski definition) is 4. The number of amides is 1. The van der Waals surface area contributed by atoms with E-state index < -0.39 is 10.0 Å². The van der Waals surface area contributed by atoms with E-state index in [1.807, 2.05) is 6.07 Å². The number of nitrogens with zero attached hydrogens (tertiary/aromatic N) is 1. The first kappa shape index (κ1) is 23.3. The number of hydrogen-bond donors (Lipinski definition) is 1. The summed E-state index contributed by atoms with van der Waals surface area (Å²) >= 11 is 0. The summed E-state index contributed by atoms with van der Waals surface area (Å²) in [7, 11) is -3.71. The Hall–Kier alpha value is -3.32. The first-order valence-corrected chi connectivity index (χ1v) is 12.0. The van der Waals surface area contributed by atoms with Gasteiger partial charge in [0.05, 0.1) is 17.2 Å². The maximum atomic E-state index is 13.1. The van der Waals surface area contributed by atoms with Crippen LogP contribution in [0.15, 0.2) is 83.8 Å². The number of anilines is 2. The molecule has 168 valence electrons. The van der Waals surface area contributed by atoms with Crippen molar-refractivity contribution >= 4 is 27.3 Å². The molecule has 0 aliphatic heterocycles. The SMILES string of the molecule is CCN(c1ccccc1)S(=O)(=O)c1ccc(NC(=O)c2ccc(OCC(C)C)cc2)cc1. The average Bonchev–Trinajstić information content (AvgIpc) is 2.79. The largest absolute Gasteiger partial charge is 0.493 e. The van der Waals surface area contributed by atoms with Crippen molar-refractivity contribution in [1.82, 2.24) is 0 Å². The monoisotopic (exact) mass is 452 g/mol. The summed E-state index contributed by atoms with van der Waals surface area (Å²) in [4.78, 5) is 12.7. The zero-order valence-electron chi connectivity index (χ0n) is 18.5. The van der Waals surface area contributed by atoms with Crippen LogP contribution in [0.2, 0.25) is 0 Å². The molecule has 0 radical (unpaired) electrons. The molecule has 0 saturated carbocycles. The highest BCUT2D eigenvalue weighted by atomic mass is 32.2. The van der Waals surface area contributed by atoms with Crippen LogP contribution in [0.3, 0.4) is 0 Å². The summed E-state index contributed by atoms with van der Waals surface area (Å²) in [5.41, 5.74) is 1.60. The topological polar surface area (TPSA) is 75.7 Å². The van der Waals surface area contributed by atoms with E-state index in [4.69, 9.17) is 4.74 Å². The quantitative estimate of drug-likeness (QED) is 0.485. The molecular formula is C25H28N2O4S. The standard InChI is InChI=1S/C25H28N2O4S/c1-4-27(22-8-6-5-7-9-22)32(29,30)24-16-12-21(13-17-24)26-25(28)20-10-14-23(15-11-20)31-18-19(2)3/h5-17,19H,4,18H2,1-3H3,(H,26,28). The van der Waals surface area contributed by atoms with Gasteiger partial charge in [-0.1, -0.05) is 32.0 Å². The van der Waals surface area contributed by atoms with Crippen molar-refractivity contribution in [3.05, 3.63) is 84.4 Å². The normalized spacial score (nSPS) is 11.2. The fraction of sp³-hybridized carbons (Fsp3) is 0.240. The molecule has 3 aromatic rings. The van der Waals surface area contributed by atoms with Crippen LogP contribution in [-0.4, -0.2) is 27.5 Å². The zero-order chi connectivity index (χ0) is 23.1. The van der Waals surface area contributed by atoms with Crippen molar-refractivity contribution in [3.63, 3.8) is 0 Å². The van der Waals surface area contributed by atoms with Gasteiger partial charge in [0.1, 0.15) is 5.75 Å². The van der Waals surface area contributed by atoms with Gasteiger partial charge in [-0.05, 0) is 73.5 Å². The summed E-state index contributed by atoms with van der Waals surface area (Å²) < 4.78 is 33.1. The van der Waals surface area contributed by atoms with Crippen molar-refractivity contribution < 1.29 is 17.9 Å². The summed E-state index contributed by atoms with van der Waals surface area (Å²) in [6.07, 6.45) is 0. The van der Waals surface area contributed by atoms with E-state index in [1.54, 1.807) is 67.6 Å². The third-order valence-electron chi connectivity index (χ3n) is 4.73. The predicted molar refractivity (Wildman–Crippen MR) is 128 cm³/mol. The molecule has 0 spiro atoms. The number of nitrogens with one attached hydrogen (secondary N) is 1. The van der Waals surface area contributed by atoms with E-state index in [-0.39, 0.29) is 10.8 Å². The lowest BCUT2D eigenvalue weighted by atomic mass is 10.2. The number of carbonyl (C=O) groups excluding carboxylic acids is 1. The lowest BCUT2D eigenvalue weighted by Gasteiger charge is -2.23. The molecule has 3 rings (SSSR count). The van der Waals surface area contributed by atoms with Crippen molar-refractivity contribution in [2.24, 2.45) is 5.92 Å². The number of sulfonamides is 1. The van der Waals surface area contributed by atoms with Gasteiger partial charge in [-0.15, -0.1) is 0 Å². The van der Waals surface area contributed by atoms with E-state index in [1.165, 1.54) is 16.4 Å². The fourth-order valence-electron chi connectivity index (χ4n) is 3.09. The molecule has 3 aromatic carbocycles. The van der Waals surface area contributed by atoms with Gasteiger partial charge in [-0.25, -0.2) is 8.42 Å². The molecule has 32 heavy (non-hydrogen) atoms. The van der Waals surface area contributed by atoms with Crippen molar-refractivity contribution in [3.8, 4) is 5.75 Å². The highest BCUT2D eigenvalue weighted by Crippen LogP contribution is 2.24. The number of ether oxygens (including phenoxy) is 1. The molecule has 0 unspecified atom stereocenters. The Morgan fingerprint density at radius 3 is 2.12 bits per heavy atom. The van der Waals surface area contributed by atoms with Crippen LogP contribution in [0.1, 0.15) is 31.1 Å². The molecule has 6 nitrogen and oxygen atoms in total. The smallest absolute Gasteiger partial charge is 0.264 e. The van der Waals surface area contributed by atoms with Gasteiger partial charge in [0.2, 0.25) is 0 Å². The van der Waals surface area contributed by atoms with Crippen molar-refractivity contribution in [2.75, 3.05) is 22.8 Å². The Bertz CT molecular complexity index is 1130. The minimum Gasteiger partial charge on any atom is -0.493 e. The highest BCUT2D eigenvalue weighted by molar-refractivity contribution is 7.92. The van der Waals surface area contributed by atoms with Crippen molar-refractivity contribution in [2.45, 2.75) is 25.7 Å². The maximum absolute atomic E-state index is 13.1. The minimum absolute atomic E-state index is 0.160. The van der Waals surface area contributed by atoms with Gasteiger partial charge in [0.25, 0.3) is 15.9 Å². The number of carbonyl (C=O) groups is 1. The Morgan fingerprint density at radius 2 is 1.56 bits per heavy atom. The number of benzene rings is 3. The van der Waals surface area contributed by atoms with Gasteiger partial charge in [-0.3, -0.25) is 9.10 Å². The lowest BCUT2D eigenvalue weighted by molar-refractivity contribution is 0.102.